The molecule has 1 aromatic heterocycles. The van der Waals surface area contributed by atoms with Gasteiger partial charge in [-0.1, -0.05) is 0 Å². The van der Waals surface area contributed by atoms with Crippen molar-refractivity contribution in [3.05, 3.63) is 17.6 Å². The van der Waals surface area contributed by atoms with Gasteiger partial charge in [0.05, 0.1) is 7.11 Å². The van der Waals surface area contributed by atoms with Gasteiger partial charge in [-0.2, -0.15) is 0 Å². The van der Waals surface area contributed by atoms with Crippen LogP contribution in [0.25, 0.3) is 0 Å². The van der Waals surface area contributed by atoms with Crippen molar-refractivity contribution in [2.45, 2.75) is 19.9 Å². The molecule has 0 aliphatic heterocycles. The first kappa shape index (κ1) is 14.9. The lowest BCUT2D eigenvalue weighted by Gasteiger charge is -2.18. The minimum absolute atomic E-state index is 0.0329. The Morgan fingerprint density at radius 3 is 2.53 bits per heavy atom. The van der Waals surface area contributed by atoms with Gasteiger partial charge in [0.15, 0.2) is 0 Å². The summed E-state index contributed by atoms with van der Waals surface area (Å²) in [5.41, 5.74) is 0.613. The Balaban J connectivity index is 2.93. The molecule has 0 spiro atoms. The number of amides is 1. The summed E-state index contributed by atoms with van der Waals surface area (Å²) in [7, 11) is 4.61. The van der Waals surface area contributed by atoms with E-state index in [1.165, 1.54) is 12.0 Å². The van der Waals surface area contributed by atoms with Crippen molar-refractivity contribution >= 4 is 17.7 Å². The van der Waals surface area contributed by atoms with Gasteiger partial charge < -0.3 is 15.0 Å². The first-order valence-electron chi connectivity index (χ1n) is 5.77. The lowest BCUT2D eigenvalue weighted by atomic mass is 10.3. The number of methoxy groups -OCH3 is 1. The largest absolute Gasteiger partial charge is 0.463 e. The lowest BCUT2D eigenvalue weighted by molar-refractivity contribution is -0.129. The number of esters is 1. The van der Waals surface area contributed by atoms with Crippen LogP contribution in [-0.2, 0) is 9.53 Å². The van der Waals surface area contributed by atoms with Crippen molar-refractivity contribution in [1.29, 1.82) is 0 Å². The third kappa shape index (κ3) is 3.90. The summed E-state index contributed by atoms with van der Waals surface area (Å²) in [5, 5.41) is 2.93. The summed E-state index contributed by atoms with van der Waals surface area (Å²) >= 11 is 0. The maximum Gasteiger partial charge on any atom is 0.376 e. The van der Waals surface area contributed by atoms with Crippen LogP contribution in [0.2, 0.25) is 0 Å². The lowest BCUT2D eigenvalue weighted by Crippen LogP contribution is -2.37. The zero-order chi connectivity index (χ0) is 14.6. The Hall–Kier alpha value is -2.18. The molecule has 104 valence electrons. The molecule has 0 bridgehead atoms. The highest BCUT2D eigenvalue weighted by Crippen LogP contribution is 2.09. The van der Waals surface area contributed by atoms with Gasteiger partial charge in [-0.05, 0) is 13.8 Å². The normalized spacial score (nSPS) is 11.6. The smallest absolute Gasteiger partial charge is 0.376 e. The van der Waals surface area contributed by atoms with E-state index in [2.05, 4.69) is 20.0 Å². The van der Waals surface area contributed by atoms with Gasteiger partial charge >= 0.3 is 5.97 Å². The zero-order valence-corrected chi connectivity index (χ0v) is 11.7. The second-order valence-electron chi connectivity index (χ2n) is 4.31. The Bertz CT molecular complexity index is 488. The predicted molar refractivity (Wildman–Crippen MR) is 69.9 cm³/mol. The van der Waals surface area contributed by atoms with Crippen molar-refractivity contribution in [1.82, 2.24) is 14.9 Å². The van der Waals surface area contributed by atoms with Crippen LogP contribution in [0.15, 0.2) is 6.07 Å². The number of aryl methyl sites for hydroxylation is 1. The van der Waals surface area contributed by atoms with Gasteiger partial charge in [0.25, 0.3) is 0 Å². The molecule has 0 radical (unpaired) electrons. The molecular weight excluding hydrogens is 248 g/mol. The van der Waals surface area contributed by atoms with Crippen LogP contribution in [0.3, 0.4) is 0 Å². The van der Waals surface area contributed by atoms with E-state index in [0.29, 0.717) is 11.5 Å². The molecule has 0 aliphatic rings. The first-order valence-corrected chi connectivity index (χ1v) is 5.77. The SMILES string of the molecule is COC(=O)c1nc(C)cc(NC(C)C(=O)N(C)C)n1. The maximum atomic E-state index is 11.7. The zero-order valence-electron chi connectivity index (χ0n) is 11.7. The maximum absolute atomic E-state index is 11.7. The number of ether oxygens (including phenoxy) is 1. The second kappa shape index (κ2) is 6.12. The van der Waals surface area contributed by atoms with E-state index < -0.39 is 12.0 Å². The Morgan fingerprint density at radius 1 is 1.37 bits per heavy atom. The fraction of sp³-hybridized carbons (Fsp3) is 0.500. The molecule has 7 nitrogen and oxygen atoms in total. The number of nitrogens with zero attached hydrogens (tertiary/aromatic N) is 3. The van der Waals surface area contributed by atoms with Gasteiger partial charge in [0.2, 0.25) is 11.7 Å². The molecule has 0 aliphatic carbocycles. The van der Waals surface area contributed by atoms with E-state index in [-0.39, 0.29) is 11.7 Å². The number of hydrogen-bond donors (Lipinski definition) is 1. The Kier molecular flexibility index (Phi) is 4.80. The Labute approximate surface area is 112 Å². The summed E-state index contributed by atoms with van der Waals surface area (Å²) < 4.78 is 4.57. The fourth-order valence-corrected chi connectivity index (χ4v) is 1.50. The van der Waals surface area contributed by atoms with Crippen LogP contribution >= 0.6 is 0 Å². The average molecular weight is 266 g/mol. The number of likely N-dealkylation sites (N-methyl/N-ethyl adjacent to an activating group) is 1. The topological polar surface area (TPSA) is 84.4 Å². The quantitative estimate of drug-likeness (QED) is 0.797. The van der Waals surface area contributed by atoms with Gasteiger partial charge in [-0.25, -0.2) is 14.8 Å². The molecule has 0 saturated heterocycles. The minimum atomic E-state index is -0.613. The number of anilines is 1. The number of rotatable bonds is 4. The molecule has 0 saturated carbocycles. The summed E-state index contributed by atoms with van der Waals surface area (Å²) in [6.07, 6.45) is 0. The fourth-order valence-electron chi connectivity index (χ4n) is 1.50. The molecule has 19 heavy (non-hydrogen) atoms. The molecule has 7 heteroatoms. The van der Waals surface area contributed by atoms with E-state index in [1.807, 2.05) is 0 Å². The molecule has 1 N–H and O–H groups in total. The van der Waals surface area contributed by atoms with Crippen LogP contribution in [-0.4, -0.2) is 54.0 Å². The summed E-state index contributed by atoms with van der Waals surface area (Å²) in [6.45, 7) is 3.45. The molecule has 1 atom stereocenters. The van der Waals surface area contributed by atoms with Crippen molar-refractivity contribution in [3.8, 4) is 0 Å². The van der Waals surface area contributed by atoms with E-state index in [1.54, 1.807) is 34.0 Å². The number of carbonyl (C=O) groups is 2. The highest BCUT2D eigenvalue weighted by atomic mass is 16.5. The number of hydrogen-bond acceptors (Lipinski definition) is 6. The average Bonchev–Trinajstić information content (AvgIpc) is 2.35. The van der Waals surface area contributed by atoms with Crippen molar-refractivity contribution < 1.29 is 14.3 Å². The van der Waals surface area contributed by atoms with Crippen LogP contribution in [0.4, 0.5) is 5.82 Å². The molecule has 1 amide bonds. The second-order valence-corrected chi connectivity index (χ2v) is 4.31. The number of carbonyl (C=O) groups excluding carboxylic acids is 2. The van der Waals surface area contributed by atoms with Crippen LogP contribution < -0.4 is 5.32 Å². The van der Waals surface area contributed by atoms with Gasteiger partial charge in [-0.3, -0.25) is 4.79 Å². The van der Waals surface area contributed by atoms with E-state index in [4.69, 9.17) is 0 Å². The first-order chi connectivity index (χ1) is 8.85. The van der Waals surface area contributed by atoms with Gasteiger partial charge in [-0.15, -0.1) is 0 Å². The van der Waals surface area contributed by atoms with Crippen LogP contribution in [0.5, 0.6) is 0 Å². The predicted octanol–water partition coefficient (Wildman–Crippen LogP) is 0.460. The molecular formula is C12H18N4O3. The molecule has 1 heterocycles. The van der Waals surface area contributed by atoms with Gasteiger partial charge in [0.1, 0.15) is 11.9 Å². The van der Waals surface area contributed by atoms with Crippen molar-refractivity contribution in [2.75, 3.05) is 26.5 Å². The summed E-state index contributed by atoms with van der Waals surface area (Å²) in [5.74, 6) is -0.320. The third-order valence-electron chi connectivity index (χ3n) is 2.40. The highest BCUT2D eigenvalue weighted by Gasteiger charge is 2.17. The molecule has 1 rings (SSSR count). The van der Waals surface area contributed by atoms with Crippen LogP contribution in [0.1, 0.15) is 23.2 Å². The number of aromatic nitrogens is 2. The molecule has 0 aromatic carbocycles. The minimum Gasteiger partial charge on any atom is -0.463 e. The standard InChI is InChI=1S/C12H18N4O3/c1-7-6-9(14-8(2)11(17)16(3)4)15-10(13-7)12(18)19-5/h6,8H,1-5H3,(H,13,14,15). The molecule has 0 fully saturated rings. The summed E-state index contributed by atoms with van der Waals surface area (Å²) in [4.78, 5) is 32.6. The summed E-state index contributed by atoms with van der Waals surface area (Å²) in [6, 6.07) is 1.21. The van der Waals surface area contributed by atoms with E-state index in [0.717, 1.165) is 0 Å². The highest BCUT2D eigenvalue weighted by molar-refractivity contribution is 5.86. The molecule has 1 unspecified atom stereocenters. The molecule has 1 aromatic rings. The van der Waals surface area contributed by atoms with E-state index >= 15 is 0 Å². The third-order valence-corrected chi connectivity index (χ3v) is 2.40. The van der Waals surface area contributed by atoms with Gasteiger partial charge in [0, 0.05) is 25.9 Å². The monoisotopic (exact) mass is 266 g/mol. The van der Waals surface area contributed by atoms with E-state index in [9.17, 15) is 9.59 Å². The Morgan fingerprint density at radius 2 is 2.00 bits per heavy atom. The van der Waals surface area contributed by atoms with Crippen LogP contribution in [0, 0.1) is 6.92 Å². The number of nitrogens with one attached hydrogen (secondary N) is 1. The van der Waals surface area contributed by atoms with Crippen molar-refractivity contribution in [3.63, 3.8) is 0 Å². The van der Waals surface area contributed by atoms with Crippen molar-refractivity contribution in [2.24, 2.45) is 0 Å².